The summed E-state index contributed by atoms with van der Waals surface area (Å²) in [7, 11) is 0. The van der Waals surface area contributed by atoms with Crippen molar-refractivity contribution in [3.05, 3.63) is 70.5 Å². The monoisotopic (exact) mass is 356 g/mol. The van der Waals surface area contributed by atoms with E-state index < -0.39 is 0 Å². The first-order valence-electron chi connectivity index (χ1n) is 8.97. The third kappa shape index (κ3) is 4.48. The van der Waals surface area contributed by atoms with E-state index in [-0.39, 0.29) is 17.8 Å². The topological polar surface area (TPSA) is 41.6 Å². The van der Waals surface area contributed by atoms with Gasteiger partial charge in [0.2, 0.25) is 0 Å². The van der Waals surface area contributed by atoms with Crippen LogP contribution in [0.4, 0.5) is 4.39 Å². The van der Waals surface area contributed by atoms with Crippen LogP contribution in [0.15, 0.2) is 42.5 Å². The van der Waals surface area contributed by atoms with Crippen LogP contribution in [0.25, 0.3) is 0 Å². The van der Waals surface area contributed by atoms with Gasteiger partial charge in [-0.3, -0.25) is 9.69 Å². The molecule has 0 radical (unpaired) electrons. The molecule has 1 heterocycles. The lowest BCUT2D eigenvalue weighted by atomic mass is 10.0. The van der Waals surface area contributed by atoms with E-state index in [0.29, 0.717) is 25.3 Å². The zero-order valence-electron chi connectivity index (χ0n) is 15.3. The van der Waals surface area contributed by atoms with Gasteiger partial charge in [0, 0.05) is 25.2 Å². The summed E-state index contributed by atoms with van der Waals surface area (Å²) in [5.74, 6) is -0.336. The van der Waals surface area contributed by atoms with Gasteiger partial charge in [0.25, 0.3) is 5.91 Å². The number of rotatable bonds is 5. The Kier molecular flexibility index (Phi) is 6.01. The number of halogens is 1. The minimum Gasteiger partial charge on any atom is -0.379 e. The largest absolute Gasteiger partial charge is 0.379 e. The zero-order chi connectivity index (χ0) is 18.5. The highest BCUT2D eigenvalue weighted by atomic mass is 19.1. The second kappa shape index (κ2) is 8.43. The molecular formula is C21H25FN2O2. The molecule has 3 rings (SSSR count). The van der Waals surface area contributed by atoms with Crippen molar-refractivity contribution in [3.8, 4) is 0 Å². The normalized spacial score (nSPS) is 16.3. The molecule has 5 heteroatoms. The van der Waals surface area contributed by atoms with Crippen LogP contribution in [0.1, 0.15) is 33.1 Å². The highest BCUT2D eigenvalue weighted by molar-refractivity contribution is 5.95. The Morgan fingerprint density at radius 3 is 2.50 bits per heavy atom. The molecule has 4 nitrogen and oxygen atoms in total. The van der Waals surface area contributed by atoms with Crippen LogP contribution in [0.5, 0.6) is 0 Å². The van der Waals surface area contributed by atoms with E-state index in [1.54, 1.807) is 12.1 Å². The van der Waals surface area contributed by atoms with E-state index in [1.165, 1.54) is 12.1 Å². The number of nitrogens with zero attached hydrogens (tertiary/aromatic N) is 1. The lowest BCUT2D eigenvalue weighted by Crippen LogP contribution is -2.43. The number of carbonyl (C=O) groups is 1. The van der Waals surface area contributed by atoms with Crippen LogP contribution in [0.3, 0.4) is 0 Å². The predicted octanol–water partition coefficient (Wildman–Crippen LogP) is 3.25. The van der Waals surface area contributed by atoms with E-state index in [0.717, 1.165) is 29.8 Å². The molecule has 1 N–H and O–H groups in total. The van der Waals surface area contributed by atoms with E-state index in [9.17, 15) is 9.18 Å². The average molecular weight is 356 g/mol. The first kappa shape index (κ1) is 18.5. The number of hydrogen-bond donors (Lipinski definition) is 1. The van der Waals surface area contributed by atoms with Gasteiger partial charge in [-0.2, -0.15) is 0 Å². The maximum atomic E-state index is 13.3. The quantitative estimate of drug-likeness (QED) is 0.894. The van der Waals surface area contributed by atoms with E-state index in [2.05, 4.69) is 10.2 Å². The van der Waals surface area contributed by atoms with Crippen molar-refractivity contribution in [1.29, 1.82) is 0 Å². The van der Waals surface area contributed by atoms with Gasteiger partial charge in [-0.1, -0.05) is 29.8 Å². The fourth-order valence-electron chi connectivity index (χ4n) is 3.38. The molecule has 1 fully saturated rings. The minimum absolute atomic E-state index is 0.00537. The van der Waals surface area contributed by atoms with Gasteiger partial charge in [-0.15, -0.1) is 0 Å². The molecule has 0 aromatic heterocycles. The second-order valence-corrected chi connectivity index (χ2v) is 6.74. The number of benzene rings is 2. The van der Waals surface area contributed by atoms with Gasteiger partial charge < -0.3 is 10.1 Å². The molecular weight excluding hydrogens is 331 g/mol. The summed E-state index contributed by atoms with van der Waals surface area (Å²) in [5.41, 5.74) is 3.79. The molecule has 2 aromatic rings. The Balaban J connectivity index is 1.74. The molecule has 0 unspecified atom stereocenters. The summed E-state index contributed by atoms with van der Waals surface area (Å²) < 4.78 is 18.7. The van der Waals surface area contributed by atoms with Gasteiger partial charge in [0.1, 0.15) is 5.82 Å². The van der Waals surface area contributed by atoms with Crippen molar-refractivity contribution in [2.45, 2.75) is 19.9 Å². The molecule has 0 bridgehead atoms. The van der Waals surface area contributed by atoms with Crippen LogP contribution < -0.4 is 5.32 Å². The van der Waals surface area contributed by atoms with Crippen molar-refractivity contribution in [2.24, 2.45) is 0 Å². The number of ether oxygens (including phenoxy) is 1. The number of nitrogens with one attached hydrogen (secondary N) is 1. The number of morpholine rings is 1. The summed E-state index contributed by atoms with van der Waals surface area (Å²) in [4.78, 5) is 14.9. The molecule has 0 aliphatic carbocycles. The Bertz CT molecular complexity index is 755. The third-order valence-electron chi connectivity index (χ3n) is 4.82. The summed E-state index contributed by atoms with van der Waals surface area (Å²) in [6, 6.07) is 12.3. The lowest BCUT2D eigenvalue weighted by molar-refractivity contribution is 0.0162. The Morgan fingerprint density at radius 1 is 1.15 bits per heavy atom. The summed E-state index contributed by atoms with van der Waals surface area (Å²) >= 11 is 0. The molecule has 1 saturated heterocycles. The van der Waals surface area contributed by atoms with Crippen LogP contribution in [0, 0.1) is 19.7 Å². The van der Waals surface area contributed by atoms with Gasteiger partial charge in [0.05, 0.1) is 19.3 Å². The van der Waals surface area contributed by atoms with Crippen LogP contribution >= 0.6 is 0 Å². The van der Waals surface area contributed by atoms with Gasteiger partial charge in [-0.25, -0.2) is 4.39 Å². The molecule has 2 aromatic carbocycles. The Morgan fingerprint density at radius 2 is 1.85 bits per heavy atom. The van der Waals surface area contributed by atoms with E-state index in [1.807, 2.05) is 32.0 Å². The number of amides is 1. The van der Waals surface area contributed by atoms with Gasteiger partial charge >= 0.3 is 0 Å². The average Bonchev–Trinajstić information content (AvgIpc) is 2.64. The third-order valence-corrected chi connectivity index (χ3v) is 4.82. The highest BCUT2D eigenvalue weighted by Crippen LogP contribution is 2.22. The SMILES string of the molecule is Cc1ccc(C(=O)NC[C@H](c2ccc(F)cc2)N2CCOCC2)c(C)c1. The van der Waals surface area contributed by atoms with Crippen molar-refractivity contribution in [1.82, 2.24) is 10.2 Å². The molecule has 1 aliphatic heterocycles. The van der Waals surface area contributed by atoms with Crippen LogP contribution in [-0.2, 0) is 4.74 Å². The highest BCUT2D eigenvalue weighted by Gasteiger charge is 2.23. The Labute approximate surface area is 154 Å². The standard InChI is InChI=1S/C21H25FN2O2/c1-15-3-8-19(16(2)13-15)21(25)23-14-20(24-9-11-26-12-10-24)17-4-6-18(22)7-5-17/h3-8,13,20H,9-12,14H2,1-2H3,(H,23,25)/t20-/m1/s1. The summed E-state index contributed by atoms with van der Waals surface area (Å²) in [6.07, 6.45) is 0. The Hall–Kier alpha value is -2.24. The van der Waals surface area contributed by atoms with Crippen molar-refractivity contribution >= 4 is 5.91 Å². The predicted molar refractivity (Wildman–Crippen MR) is 99.8 cm³/mol. The summed E-state index contributed by atoms with van der Waals surface area (Å²) in [5, 5.41) is 3.05. The van der Waals surface area contributed by atoms with Crippen molar-refractivity contribution in [3.63, 3.8) is 0 Å². The molecule has 26 heavy (non-hydrogen) atoms. The van der Waals surface area contributed by atoms with Crippen LogP contribution in [-0.4, -0.2) is 43.7 Å². The zero-order valence-corrected chi connectivity index (χ0v) is 15.3. The fraction of sp³-hybridized carbons (Fsp3) is 0.381. The maximum absolute atomic E-state index is 13.3. The number of hydrogen-bond acceptors (Lipinski definition) is 3. The molecule has 0 saturated carbocycles. The molecule has 138 valence electrons. The van der Waals surface area contributed by atoms with E-state index >= 15 is 0 Å². The molecule has 1 amide bonds. The smallest absolute Gasteiger partial charge is 0.251 e. The van der Waals surface area contributed by atoms with Crippen molar-refractivity contribution < 1.29 is 13.9 Å². The van der Waals surface area contributed by atoms with Crippen molar-refractivity contribution in [2.75, 3.05) is 32.8 Å². The fourth-order valence-corrected chi connectivity index (χ4v) is 3.38. The van der Waals surface area contributed by atoms with Crippen LogP contribution in [0.2, 0.25) is 0 Å². The first-order chi connectivity index (χ1) is 12.5. The number of aryl methyl sites for hydroxylation is 2. The lowest BCUT2D eigenvalue weighted by Gasteiger charge is -2.35. The maximum Gasteiger partial charge on any atom is 0.251 e. The van der Waals surface area contributed by atoms with Gasteiger partial charge in [0.15, 0.2) is 0 Å². The molecule has 0 spiro atoms. The first-order valence-corrected chi connectivity index (χ1v) is 8.97. The number of carbonyl (C=O) groups excluding carboxylic acids is 1. The summed E-state index contributed by atoms with van der Waals surface area (Å²) in [6.45, 7) is 7.35. The molecule has 1 aliphatic rings. The minimum atomic E-state index is -0.256. The molecule has 1 atom stereocenters. The second-order valence-electron chi connectivity index (χ2n) is 6.74. The van der Waals surface area contributed by atoms with Gasteiger partial charge in [-0.05, 0) is 43.2 Å². The van der Waals surface area contributed by atoms with E-state index in [4.69, 9.17) is 4.74 Å².